The Hall–Kier alpha value is -0.950. The topological polar surface area (TPSA) is 0 Å². The van der Waals surface area contributed by atoms with Crippen LogP contribution in [0.15, 0.2) is 30.3 Å². The van der Waals surface area contributed by atoms with E-state index in [-0.39, 0.29) is 0 Å². The quantitative estimate of drug-likeness (QED) is 0.473. The second-order valence-corrected chi connectivity index (χ2v) is 4.90. The maximum absolute atomic E-state index is 6.22. The van der Waals surface area contributed by atoms with Crippen molar-refractivity contribution in [3.8, 4) is 0 Å². The van der Waals surface area contributed by atoms with Gasteiger partial charge in [0.05, 0.1) is 5.02 Å². The third kappa shape index (κ3) is 1.68. The van der Waals surface area contributed by atoms with E-state index in [0.29, 0.717) is 15.1 Å². The van der Waals surface area contributed by atoms with Crippen LogP contribution in [0.5, 0.6) is 0 Å². The first-order valence-corrected chi connectivity index (χ1v) is 6.09. The molecule has 3 heteroatoms. The number of hydrogen-bond donors (Lipinski definition) is 0. The lowest BCUT2D eigenvalue weighted by atomic mass is 10.0. The van der Waals surface area contributed by atoms with Crippen LogP contribution in [-0.4, -0.2) is 0 Å². The summed E-state index contributed by atoms with van der Waals surface area (Å²) in [7, 11) is 0. The highest BCUT2D eigenvalue weighted by atomic mass is 35.5. The second-order valence-electron chi connectivity index (χ2n) is 3.70. The lowest BCUT2D eigenvalue weighted by molar-refractivity contribution is 1.74. The summed E-state index contributed by atoms with van der Waals surface area (Å²) in [6.45, 7) is 0. The van der Waals surface area contributed by atoms with E-state index in [2.05, 4.69) is 12.1 Å². The maximum Gasteiger partial charge on any atom is 0.0565 e. The van der Waals surface area contributed by atoms with E-state index in [0.717, 1.165) is 21.5 Å². The molecule has 0 aliphatic carbocycles. The zero-order valence-electron chi connectivity index (χ0n) is 8.52. The van der Waals surface area contributed by atoms with Gasteiger partial charge in [-0.3, -0.25) is 0 Å². The van der Waals surface area contributed by atoms with Crippen molar-refractivity contribution >= 4 is 56.3 Å². The molecule has 82 valence electrons. The Balaban J connectivity index is 2.68. The summed E-state index contributed by atoms with van der Waals surface area (Å²) < 4.78 is 0. The smallest absolute Gasteiger partial charge is 0.0565 e. The molecule has 0 saturated carbocycles. The molecule has 3 aromatic carbocycles. The van der Waals surface area contributed by atoms with Gasteiger partial charge >= 0.3 is 0 Å². The van der Waals surface area contributed by atoms with Crippen LogP contribution in [0.4, 0.5) is 0 Å². The lowest BCUT2D eigenvalue weighted by Crippen LogP contribution is -1.82. The van der Waals surface area contributed by atoms with E-state index in [1.54, 1.807) is 6.07 Å². The van der Waals surface area contributed by atoms with Crippen LogP contribution in [0, 0.1) is 12.1 Å². The Bertz CT molecular complexity index is 732. The van der Waals surface area contributed by atoms with E-state index in [1.165, 1.54) is 0 Å². The van der Waals surface area contributed by atoms with Gasteiger partial charge in [-0.25, -0.2) is 0 Å². The molecule has 0 N–H and O–H groups in total. The summed E-state index contributed by atoms with van der Waals surface area (Å²) in [5.74, 6) is 0. The van der Waals surface area contributed by atoms with Crippen LogP contribution in [-0.2, 0) is 0 Å². The summed E-state index contributed by atoms with van der Waals surface area (Å²) in [4.78, 5) is 0. The highest BCUT2D eigenvalue weighted by molar-refractivity contribution is 6.45. The van der Waals surface area contributed by atoms with Gasteiger partial charge in [-0.15, -0.1) is 0 Å². The Morgan fingerprint density at radius 1 is 0.882 bits per heavy atom. The van der Waals surface area contributed by atoms with E-state index in [4.69, 9.17) is 34.8 Å². The highest BCUT2D eigenvalue weighted by Gasteiger charge is 2.10. The van der Waals surface area contributed by atoms with Crippen LogP contribution in [0.2, 0.25) is 15.1 Å². The van der Waals surface area contributed by atoms with Crippen molar-refractivity contribution in [3.05, 3.63) is 57.5 Å². The number of fused-ring (bicyclic) bond motifs is 3. The molecule has 0 heterocycles. The number of halogens is 3. The summed E-state index contributed by atoms with van der Waals surface area (Å²) in [5.41, 5.74) is 0. The van der Waals surface area contributed by atoms with Gasteiger partial charge in [-0.1, -0.05) is 46.9 Å². The summed E-state index contributed by atoms with van der Waals surface area (Å²) in [6.07, 6.45) is 0. The van der Waals surface area contributed by atoms with Gasteiger partial charge < -0.3 is 0 Å². The van der Waals surface area contributed by atoms with Gasteiger partial charge in [0.2, 0.25) is 0 Å². The minimum Gasteiger partial charge on any atom is -0.0836 e. The molecular formula is C14H5Cl3. The SMILES string of the molecule is Clc1cc2c(Cl)[c]cc(Cl)c2c2cc[c]cc12. The molecule has 3 rings (SSSR count). The number of hydrogen-bond acceptors (Lipinski definition) is 0. The van der Waals surface area contributed by atoms with Crippen LogP contribution >= 0.6 is 34.8 Å². The second kappa shape index (κ2) is 4.06. The molecule has 0 fully saturated rings. The summed E-state index contributed by atoms with van der Waals surface area (Å²) >= 11 is 18.6. The monoisotopic (exact) mass is 278 g/mol. The van der Waals surface area contributed by atoms with Crippen molar-refractivity contribution < 1.29 is 0 Å². The molecule has 0 bridgehead atoms. The molecule has 0 aromatic heterocycles. The van der Waals surface area contributed by atoms with Crippen LogP contribution in [0.25, 0.3) is 21.5 Å². The van der Waals surface area contributed by atoms with Crippen molar-refractivity contribution in [1.82, 2.24) is 0 Å². The molecule has 0 amide bonds. The molecular weight excluding hydrogens is 275 g/mol. The van der Waals surface area contributed by atoms with Crippen molar-refractivity contribution in [1.29, 1.82) is 0 Å². The van der Waals surface area contributed by atoms with Gasteiger partial charge in [-0.05, 0) is 29.7 Å². The van der Waals surface area contributed by atoms with E-state index >= 15 is 0 Å². The van der Waals surface area contributed by atoms with Crippen LogP contribution in [0.3, 0.4) is 0 Å². The molecule has 2 radical (unpaired) electrons. The Morgan fingerprint density at radius 3 is 2.53 bits per heavy atom. The van der Waals surface area contributed by atoms with Crippen molar-refractivity contribution in [2.75, 3.05) is 0 Å². The van der Waals surface area contributed by atoms with Crippen molar-refractivity contribution in [3.63, 3.8) is 0 Å². The summed E-state index contributed by atoms with van der Waals surface area (Å²) in [5, 5.41) is 5.42. The third-order valence-electron chi connectivity index (χ3n) is 2.73. The van der Waals surface area contributed by atoms with E-state index in [1.807, 2.05) is 24.3 Å². The fourth-order valence-electron chi connectivity index (χ4n) is 1.97. The minimum atomic E-state index is 0.529. The number of rotatable bonds is 0. The van der Waals surface area contributed by atoms with Crippen molar-refractivity contribution in [2.24, 2.45) is 0 Å². The molecule has 17 heavy (non-hydrogen) atoms. The molecule has 0 atom stereocenters. The fraction of sp³-hybridized carbons (Fsp3) is 0. The minimum absolute atomic E-state index is 0.529. The zero-order valence-corrected chi connectivity index (χ0v) is 10.8. The van der Waals surface area contributed by atoms with Gasteiger partial charge in [0.1, 0.15) is 0 Å². The average Bonchev–Trinajstić information content (AvgIpc) is 2.34. The first-order valence-electron chi connectivity index (χ1n) is 4.96. The highest BCUT2D eigenvalue weighted by Crippen LogP contribution is 2.38. The summed E-state index contributed by atoms with van der Waals surface area (Å²) in [6, 6.07) is 15.0. The van der Waals surface area contributed by atoms with Gasteiger partial charge in [0.25, 0.3) is 0 Å². The van der Waals surface area contributed by atoms with Crippen molar-refractivity contribution in [2.45, 2.75) is 0 Å². The number of benzene rings is 3. The molecule has 0 aliphatic heterocycles. The molecule has 0 nitrogen and oxygen atoms in total. The molecule has 0 aliphatic rings. The van der Waals surface area contributed by atoms with E-state index < -0.39 is 0 Å². The maximum atomic E-state index is 6.22. The predicted octanol–water partition coefficient (Wildman–Crippen LogP) is 5.55. The fourth-order valence-corrected chi connectivity index (χ4v) is 2.70. The standard InChI is InChI=1S/C14H5Cl3/c15-11-5-6-12(16)14-9-4-2-1-3-8(9)13(17)7-10(11)14/h2-4,6-7H. The molecule has 0 unspecified atom stereocenters. The van der Waals surface area contributed by atoms with Gasteiger partial charge in [-0.2, -0.15) is 0 Å². The van der Waals surface area contributed by atoms with E-state index in [9.17, 15) is 0 Å². The predicted molar refractivity (Wildman–Crippen MR) is 74.2 cm³/mol. The Kier molecular flexibility index (Phi) is 2.67. The zero-order chi connectivity index (χ0) is 12.0. The molecule has 3 aromatic rings. The normalized spacial score (nSPS) is 11.2. The largest absolute Gasteiger partial charge is 0.0836 e. The Morgan fingerprint density at radius 2 is 1.71 bits per heavy atom. The first kappa shape index (κ1) is 11.2. The first-order chi connectivity index (χ1) is 8.18. The average molecular weight is 280 g/mol. The Labute approximate surface area is 114 Å². The molecule has 0 spiro atoms. The van der Waals surface area contributed by atoms with Crippen LogP contribution < -0.4 is 0 Å². The van der Waals surface area contributed by atoms with Crippen LogP contribution in [0.1, 0.15) is 0 Å². The lowest BCUT2D eigenvalue weighted by Gasteiger charge is -2.08. The third-order valence-corrected chi connectivity index (χ3v) is 3.66. The molecule has 0 saturated heterocycles. The van der Waals surface area contributed by atoms with Gasteiger partial charge in [0.15, 0.2) is 0 Å². The van der Waals surface area contributed by atoms with Gasteiger partial charge in [0, 0.05) is 32.3 Å².